The molecule has 4 heteroatoms. The lowest BCUT2D eigenvalue weighted by Crippen LogP contribution is -2.02. The third kappa shape index (κ3) is 1.91. The van der Waals surface area contributed by atoms with Crippen LogP contribution in [-0.2, 0) is 0 Å². The number of benzene rings is 1. The number of aryl methyl sites for hydroxylation is 1. The molecule has 16 heavy (non-hydrogen) atoms. The van der Waals surface area contributed by atoms with Gasteiger partial charge in [-0.1, -0.05) is 36.4 Å². The van der Waals surface area contributed by atoms with E-state index in [-0.39, 0.29) is 5.78 Å². The summed E-state index contributed by atoms with van der Waals surface area (Å²) < 4.78 is 0. The van der Waals surface area contributed by atoms with E-state index in [0.717, 1.165) is 5.56 Å². The number of aromatic nitrogens is 3. The van der Waals surface area contributed by atoms with E-state index in [4.69, 9.17) is 0 Å². The molecule has 0 amide bonds. The topological polar surface area (TPSA) is 58.6 Å². The average Bonchev–Trinajstić information content (AvgIpc) is 2.81. The van der Waals surface area contributed by atoms with Gasteiger partial charge >= 0.3 is 0 Å². The van der Waals surface area contributed by atoms with Crippen LogP contribution in [0.2, 0.25) is 0 Å². The van der Waals surface area contributed by atoms with Crippen molar-refractivity contribution in [2.24, 2.45) is 0 Å². The van der Waals surface area contributed by atoms with Gasteiger partial charge in [0.15, 0.2) is 5.78 Å². The van der Waals surface area contributed by atoms with Gasteiger partial charge in [0.1, 0.15) is 5.69 Å². The summed E-state index contributed by atoms with van der Waals surface area (Å²) in [5.74, 6) is -0.131. The maximum Gasteiger partial charge on any atom is 0.194 e. The molecule has 1 N–H and O–H groups in total. The maximum atomic E-state index is 12.0. The number of ketones is 1. The van der Waals surface area contributed by atoms with Crippen molar-refractivity contribution in [3.8, 4) is 0 Å². The molecule has 0 saturated heterocycles. The molecule has 0 radical (unpaired) electrons. The third-order valence-corrected chi connectivity index (χ3v) is 2.31. The van der Waals surface area contributed by atoms with E-state index in [1.165, 1.54) is 6.20 Å². The molecule has 0 unspecified atom stereocenters. The van der Waals surface area contributed by atoms with Gasteiger partial charge in [0, 0.05) is 11.1 Å². The van der Waals surface area contributed by atoms with Crippen LogP contribution in [0.1, 0.15) is 21.6 Å². The molecule has 4 nitrogen and oxygen atoms in total. The van der Waals surface area contributed by atoms with Gasteiger partial charge in [0.05, 0.1) is 6.20 Å². The van der Waals surface area contributed by atoms with Gasteiger partial charge in [-0.3, -0.25) is 4.79 Å². The number of hydrogen-bond donors (Lipinski definition) is 1. The van der Waals surface area contributed by atoms with Gasteiger partial charge in [0.2, 0.25) is 0 Å². The molecule has 1 aromatic carbocycles. The molecule has 0 aliphatic carbocycles. The lowest BCUT2D eigenvalue weighted by molar-refractivity contribution is 0.105. The smallest absolute Gasteiger partial charge is 0.194 e. The summed E-state index contributed by atoms with van der Waals surface area (Å²) in [5.41, 5.74) is 2.55. The van der Waals surface area contributed by atoms with Crippen LogP contribution in [0, 0.1) is 6.92 Å². The first kappa shape index (κ1) is 10.3. The number of aromatic amines is 1. The fraction of sp³-hybridized carbons (Fsp3) is 0.0833. The van der Waals surface area contributed by atoms with E-state index < -0.39 is 0 Å². The van der Waals surface area contributed by atoms with Gasteiger partial charge in [0.25, 0.3) is 0 Å². The minimum absolute atomic E-state index is 0.131. The third-order valence-electron chi connectivity index (χ3n) is 2.31. The largest absolute Gasteiger partial charge is 0.289 e. The van der Waals surface area contributed by atoms with Crippen LogP contribution in [0.15, 0.2) is 37.0 Å². The predicted molar refractivity (Wildman–Crippen MR) is 60.9 cm³/mol. The van der Waals surface area contributed by atoms with Gasteiger partial charge < -0.3 is 0 Å². The highest BCUT2D eigenvalue weighted by Crippen LogP contribution is 2.15. The number of H-pyrrole nitrogens is 1. The summed E-state index contributed by atoms with van der Waals surface area (Å²) >= 11 is 0. The number of nitrogens with one attached hydrogen (secondary N) is 1. The van der Waals surface area contributed by atoms with Crippen molar-refractivity contribution in [3.05, 3.63) is 53.9 Å². The molecule has 0 aliphatic rings. The number of carbonyl (C=O) groups is 1. The van der Waals surface area contributed by atoms with Crippen LogP contribution in [0.5, 0.6) is 0 Å². The van der Waals surface area contributed by atoms with Crippen LogP contribution >= 0.6 is 0 Å². The zero-order valence-electron chi connectivity index (χ0n) is 8.90. The standard InChI is InChI=1S/C12H11N3O/c1-8-3-5-10(6-4-8)12(16)9(2)11-7-13-15-14-11/h3-7H,2H2,1H3,(H,13,14,15). The van der Waals surface area contributed by atoms with Crippen LogP contribution < -0.4 is 0 Å². The number of allylic oxidation sites excluding steroid dienone is 1. The lowest BCUT2D eigenvalue weighted by Gasteiger charge is -2.01. The molecule has 0 fully saturated rings. The van der Waals surface area contributed by atoms with Crippen LogP contribution in [0.3, 0.4) is 0 Å². The monoisotopic (exact) mass is 213 g/mol. The van der Waals surface area contributed by atoms with Gasteiger partial charge in [-0.05, 0) is 6.92 Å². The van der Waals surface area contributed by atoms with Crippen molar-refractivity contribution < 1.29 is 4.79 Å². The quantitative estimate of drug-likeness (QED) is 0.626. The average molecular weight is 213 g/mol. The van der Waals surface area contributed by atoms with E-state index in [2.05, 4.69) is 22.0 Å². The zero-order valence-corrected chi connectivity index (χ0v) is 8.90. The van der Waals surface area contributed by atoms with E-state index in [0.29, 0.717) is 16.8 Å². The predicted octanol–water partition coefficient (Wildman–Crippen LogP) is 2.01. The number of Topliss-reactive ketones (excluding diaryl/α,β-unsaturated/α-hetero) is 1. The number of nitrogens with zero attached hydrogens (tertiary/aromatic N) is 2. The Morgan fingerprint density at radius 3 is 2.56 bits per heavy atom. The van der Waals surface area contributed by atoms with Gasteiger partial charge in [-0.2, -0.15) is 15.4 Å². The zero-order chi connectivity index (χ0) is 11.5. The highest BCUT2D eigenvalue weighted by atomic mass is 16.1. The molecule has 1 aromatic heterocycles. The first-order chi connectivity index (χ1) is 7.68. The Labute approximate surface area is 93.0 Å². The van der Waals surface area contributed by atoms with E-state index in [1.807, 2.05) is 19.1 Å². The fourth-order valence-electron chi connectivity index (χ4n) is 1.34. The Kier molecular flexibility index (Phi) is 2.64. The number of rotatable bonds is 3. The Morgan fingerprint density at radius 2 is 2.00 bits per heavy atom. The van der Waals surface area contributed by atoms with Gasteiger partial charge in [-0.15, -0.1) is 0 Å². The van der Waals surface area contributed by atoms with E-state index >= 15 is 0 Å². The minimum atomic E-state index is -0.131. The van der Waals surface area contributed by atoms with Crippen molar-refractivity contribution in [3.63, 3.8) is 0 Å². The first-order valence-electron chi connectivity index (χ1n) is 4.85. The lowest BCUT2D eigenvalue weighted by atomic mass is 10.0. The Hall–Kier alpha value is -2.23. The van der Waals surface area contributed by atoms with Crippen LogP contribution in [0.25, 0.3) is 5.57 Å². The second-order valence-electron chi connectivity index (χ2n) is 3.53. The summed E-state index contributed by atoms with van der Waals surface area (Å²) in [4.78, 5) is 12.0. The maximum absolute atomic E-state index is 12.0. The second-order valence-corrected chi connectivity index (χ2v) is 3.53. The number of hydrogen-bond acceptors (Lipinski definition) is 3. The first-order valence-corrected chi connectivity index (χ1v) is 4.85. The molecule has 1 heterocycles. The molecular formula is C12H11N3O. The fourth-order valence-corrected chi connectivity index (χ4v) is 1.34. The molecule has 0 aliphatic heterocycles. The van der Waals surface area contributed by atoms with Crippen molar-refractivity contribution in [2.45, 2.75) is 6.92 Å². The summed E-state index contributed by atoms with van der Waals surface area (Å²) in [7, 11) is 0. The SMILES string of the molecule is C=C(C(=O)c1ccc(C)cc1)c1cn[nH]n1. The summed E-state index contributed by atoms with van der Waals surface area (Å²) in [5, 5.41) is 9.92. The van der Waals surface area contributed by atoms with Crippen molar-refractivity contribution in [1.29, 1.82) is 0 Å². The Bertz CT molecular complexity index is 512. The summed E-state index contributed by atoms with van der Waals surface area (Å²) in [6.45, 7) is 5.70. The van der Waals surface area contributed by atoms with Crippen molar-refractivity contribution >= 4 is 11.4 Å². The Balaban J connectivity index is 2.26. The van der Waals surface area contributed by atoms with E-state index in [9.17, 15) is 4.79 Å². The minimum Gasteiger partial charge on any atom is -0.289 e. The second kappa shape index (κ2) is 4.10. The van der Waals surface area contributed by atoms with Crippen LogP contribution in [-0.4, -0.2) is 21.2 Å². The van der Waals surface area contributed by atoms with Crippen molar-refractivity contribution in [2.75, 3.05) is 0 Å². The molecule has 2 rings (SSSR count). The highest BCUT2D eigenvalue weighted by molar-refractivity contribution is 6.27. The molecule has 0 saturated carbocycles. The Morgan fingerprint density at radius 1 is 1.31 bits per heavy atom. The molecule has 0 spiro atoms. The molecule has 2 aromatic rings. The van der Waals surface area contributed by atoms with Gasteiger partial charge in [-0.25, -0.2) is 0 Å². The molecule has 0 bridgehead atoms. The number of carbonyl (C=O) groups excluding carboxylic acids is 1. The summed E-state index contributed by atoms with van der Waals surface area (Å²) in [6, 6.07) is 7.35. The summed E-state index contributed by atoms with van der Waals surface area (Å²) in [6.07, 6.45) is 1.48. The molecule has 80 valence electrons. The highest BCUT2D eigenvalue weighted by Gasteiger charge is 2.13. The normalized spacial score (nSPS) is 10.1. The molecular weight excluding hydrogens is 202 g/mol. The van der Waals surface area contributed by atoms with Crippen molar-refractivity contribution in [1.82, 2.24) is 15.4 Å². The van der Waals surface area contributed by atoms with E-state index in [1.54, 1.807) is 12.1 Å². The van der Waals surface area contributed by atoms with Crippen LogP contribution in [0.4, 0.5) is 0 Å². The molecule has 0 atom stereocenters.